The highest BCUT2D eigenvalue weighted by molar-refractivity contribution is 7.92. The quantitative estimate of drug-likeness (QED) is 0.251. The summed E-state index contributed by atoms with van der Waals surface area (Å²) in [5.74, 6) is -3.36. The molecule has 4 fully saturated rings. The summed E-state index contributed by atoms with van der Waals surface area (Å²) in [6.07, 6.45) is -9.45. The molecule has 2 aromatic rings. The normalized spacial score (nSPS) is 28.4. The number of likely N-dealkylation sites (tertiary alicyclic amines) is 1. The summed E-state index contributed by atoms with van der Waals surface area (Å²) in [7, 11) is -4.68. The van der Waals surface area contributed by atoms with Crippen molar-refractivity contribution in [1.29, 1.82) is 0 Å². The molecule has 1 heterocycles. The molecular weight excluding hydrogens is 613 g/mol. The molecule has 43 heavy (non-hydrogen) atoms. The minimum atomic E-state index is -6.59. The van der Waals surface area contributed by atoms with Crippen molar-refractivity contribution in [3.05, 3.63) is 65.2 Å². The second-order valence-electron chi connectivity index (χ2n) is 12.4. The van der Waals surface area contributed by atoms with Gasteiger partial charge in [-0.2, -0.15) is 26.3 Å². The van der Waals surface area contributed by atoms with Crippen LogP contribution in [0.4, 0.5) is 39.5 Å². The second kappa shape index (κ2) is 9.87. The van der Waals surface area contributed by atoms with E-state index in [4.69, 9.17) is 0 Å². The van der Waals surface area contributed by atoms with Gasteiger partial charge in [-0.1, -0.05) is 19.1 Å². The lowest BCUT2D eigenvalue weighted by Crippen LogP contribution is -2.51. The second-order valence-corrected chi connectivity index (χ2v) is 14.6. The molecule has 4 nitrogen and oxygen atoms in total. The van der Waals surface area contributed by atoms with E-state index in [1.54, 1.807) is 0 Å². The number of amides is 1. The third-order valence-corrected chi connectivity index (χ3v) is 12.4. The lowest BCUT2D eigenvalue weighted by Gasteiger charge is -2.52. The van der Waals surface area contributed by atoms with Crippen molar-refractivity contribution in [1.82, 2.24) is 4.90 Å². The molecule has 1 atom stereocenters. The van der Waals surface area contributed by atoms with E-state index >= 15 is 4.39 Å². The third-order valence-electron chi connectivity index (χ3n) is 9.88. The molecule has 0 spiro atoms. The van der Waals surface area contributed by atoms with E-state index in [-0.39, 0.29) is 36.4 Å². The van der Waals surface area contributed by atoms with Gasteiger partial charge in [-0.05, 0) is 86.3 Å². The summed E-state index contributed by atoms with van der Waals surface area (Å²) >= 11 is 0. The number of carbonyl (C=O) groups is 1. The molecule has 1 amide bonds. The Morgan fingerprint density at radius 3 is 1.81 bits per heavy atom. The van der Waals surface area contributed by atoms with Gasteiger partial charge in [-0.3, -0.25) is 4.79 Å². The van der Waals surface area contributed by atoms with Crippen LogP contribution in [-0.2, 0) is 25.0 Å². The van der Waals surface area contributed by atoms with E-state index in [9.17, 15) is 48.3 Å². The highest BCUT2D eigenvalue weighted by Gasteiger charge is 2.74. The Balaban J connectivity index is 1.61. The summed E-state index contributed by atoms with van der Waals surface area (Å²) in [5, 5.41) is 0. The lowest BCUT2D eigenvalue weighted by atomic mass is 9.54. The molecule has 3 saturated carbocycles. The number of halogens is 9. The van der Waals surface area contributed by atoms with Crippen molar-refractivity contribution in [2.45, 2.75) is 79.5 Å². The van der Waals surface area contributed by atoms with Gasteiger partial charge in [0.15, 0.2) is 9.84 Å². The summed E-state index contributed by atoms with van der Waals surface area (Å²) in [6, 6.07) is 4.14. The Bertz CT molecular complexity index is 1500. The topological polar surface area (TPSA) is 54.5 Å². The average Bonchev–Trinajstić information content (AvgIpc) is 3.39. The molecule has 14 heteroatoms. The first kappa shape index (κ1) is 31.6. The molecule has 0 unspecified atom stereocenters. The molecule has 1 aliphatic heterocycles. The Labute approximate surface area is 242 Å². The average molecular weight is 642 g/mol. The zero-order valence-electron chi connectivity index (χ0n) is 22.9. The molecule has 2 aromatic carbocycles. The number of benzene rings is 2. The van der Waals surface area contributed by atoms with Crippen LogP contribution in [0.5, 0.6) is 0 Å². The largest absolute Gasteiger partial charge is 0.436 e. The highest BCUT2D eigenvalue weighted by atomic mass is 32.2. The maximum Gasteiger partial charge on any atom is 0.436 e. The summed E-state index contributed by atoms with van der Waals surface area (Å²) in [5.41, 5.74) is -9.63. The fourth-order valence-corrected chi connectivity index (χ4v) is 9.05. The molecule has 236 valence electrons. The van der Waals surface area contributed by atoms with E-state index in [0.717, 1.165) is 43.5 Å². The number of fused-ring (bicyclic) bond motifs is 3. The SMILES string of the molecule is CC12CCC(C(=O)N3CC[C@](c4ccc(C(F)(C(F)(F)F)C(F)(F)F)c(F)c4)(S(=O)(=O)c4ccc(F)cc4)C3)(CC1)CC2. The highest BCUT2D eigenvalue weighted by Crippen LogP contribution is 2.58. The Morgan fingerprint density at radius 2 is 1.33 bits per heavy atom. The Morgan fingerprint density at radius 1 is 0.791 bits per heavy atom. The van der Waals surface area contributed by atoms with Crippen molar-refractivity contribution in [2.24, 2.45) is 10.8 Å². The molecule has 6 rings (SSSR count). The first-order chi connectivity index (χ1) is 19.7. The van der Waals surface area contributed by atoms with Crippen molar-refractivity contribution in [3.8, 4) is 0 Å². The predicted molar refractivity (Wildman–Crippen MR) is 136 cm³/mol. The molecular formula is C29H28F9NO3S. The molecule has 3 aliphatic carbocycles. The molecule has 2 bridgehead atoms. The van der Waals surface area contributed by atoms with E-state index in [1.165, 1.54) is 4.90 Å². The number of carbonyl (C=O) groups excluding carboxylic acids is 1. The van der Waals surface area contributed by atoms with E-state index < -0.39 is 72.2 Å². The van der Waals surface area contributed by atoms with E-state index in [2.05, 4.69) is 6.92 Å². The minimum absolute atomic E-state index is 0.0557. The van der Waals surface area contributed by atoms with Gasteiger partial charge in [0.05, 0.1) is 4.90 Å². The van der Waals surface area contributed by atoms with Crippen LogP contribution >= 0.6 is 0 Å². The van der Waals surface area contributed by atoms with Gasteiger partial charge in [0.25, 0.3) is 0 Å². The maximum atomic E-state index is 15.2. The monoisotopic (exact) mass is 641 g/mol. The van der Waals surface area contributed by atoms with E-state index in [1.807, 2.05) is 0 Å². The summed E-state index contributed by atoms with van der Waals surface area (Å²) < 4.78 is 150. The predicted octanol–water partition coefficient (Wildman–Crippen LogP) is 7.52. The Kier molecular flexibility index (Phi) is 7.26. The molecule has 0 aromatic heterocycles. The first-order valence-corrected chi connectivity index (χ1v) is 15.1. The van der Waals surface area contributed by atoms with Gasteiger partial charge in [0, 0.05) is 24.1 Å². The number of sulfone groups is 1. The Hall–Kier alpha value is -2.77. The van der Waals surface area contributed by atoms with Gasteiger partial charge < -0.3 is 4.90 Å². The van der Waals surface area contributed by atoms with Crippen molar-refractivity contribution >= 4 is 15.7 Å². The van der Waals surface area contributed by atoms with Gasteiger partial charge in [-0.15, -0.1) is 0 Å². The maximum absolute atomic E-state index is 15.2. The van der Waals surface area contributed by atoms with Crippen LogP contribution in [-0.4, -0.2) is 44.7 Å². The van der Waals surface area contributed by atoms with Crippen LogP contribution in [0.15, 0.2) is 47.4 Å². The summed E-state index contributed by atoms with van der Waals surface area (Å²) in [4.78, 5) is 14.7. The van der Waals surface area contributed by atoms with Crippen molar-refractivity contribution in [2.75, 3.05) is 13.1 Å². The van der Waals surface area contributed by atoms with Crippen LogP contribution in [0.1, 0.15) is 63.0 Å². The third kappa shape index (κ3) is 4.73. The van der Waals surface area contributed by atoms with Crippen LogP contribution in [0.2, 0.25) is 0 Å². The number of alkyl halides is 7. The molecule has 4 aliphatic rings. The number of nitrogens with zero attached hydrogens (tertiary/aromatic N) is 1. The molecule has 1 saturated heterocycles. The molecule has 0 radical (unpaired) electrons. The number of hydrogen-bond acceptors (Lipinski definition) is 3. The zero-order chi connectivity index (χ0) is 31.9. The molecule has 0 N–H and O–H groups in total. The van der Waals surface area contributed by atoms with Gasteiger partial charge in [-0.25, -0.2) is 21.6 Å². The smallest absolute Gasteiger partial charge is 0.340 e. The lowest BCUT2D eigenvalue weighted by molar-refractivity contribution is -0.349. The fraction of sp³-hybridized carbons (Fsp3) is 0.552. The van der Waals surface area contributed by atoms with Gasteiger partial charge in [0.1, 0.15) is 16.4 Å². The first-order valence-electron chi connectivity index (χ1n) is 13.6. The summed E-state index contributed by atoms with van der Waals surface area (Å²) in [6.45, 7) is 1.40. The number of hydrogen-bond donors (Lipinski definition) is 0. The standard InChI is InChI=1S/C29H28F9NO3S/c1-24-8-11-25(12-9-24,13-10-24)23(40)39-15-14-26(17-39,43(41,42)20-5-3-19(30)4-6-20)18-2-7-21(22(31)16-18)27(32,28(33,34)35)29(36,37)38/h2-7,16H,8-15,17H2,1H3/t24?,25?,26-/m0/s1. The van der Waals surface area contributed by atoms with Crippen LogP contribution < -0.4 is 0 Å². The zero-order valence-corrected chi connectivity index (χ0v) is 23.7. The van der Waals surface area contributed by atoms with Crippen LogP contribution in [0.3, 0.4) is 0 Å². The number of rotatable bonds is 5. The van der Waals surface area contributed by atoms with Gasteiger partial charge in [0.2, 0.25) is 5.91 Å². The van der Waals surface area contributed by atoms with Crippen LogP contribution in [0.25, 0.3) is 0 Å². The van der Waals surface area contributed by atoms with Gasteiger partial charge >= 0.3 is 18.0 Å². The van der Waals surface area contributed by atoms with Crippen molar-refractivity contribution in [3.63, 3.8) is 0 Å². The minimum Gasteiger partial charge on any atom is -0.340 e. The van der Waals surface area contributed by atoms with Crippen LogP contribution in [0, 0.1) is 22.5 Å². The fourth-order valence-electron chi connectivity index (χ4n) is 6.98. The van der Waals surface area contributed by atoms with Crippen molar-refractivity contribution < 1.29 is 52.7 Å². The van der Waals surface area contributed by atoms with E-state index in [0.29, 0.717) is 25.3 Å².